The van der Waals surface area contributed by atoms with Gasteiger partial charge in [-0.1, -0.05) is 34.1 Å². The van der Waals surface area contributed by atoms with Gasteiger partial charge in [0.25, 0.3) is 0 Å². The maximum atomic E-state index is 11.9. The summed E-state index contributed by atoms with van der Waals surface area (Å²) in [5.41, 5.74) is 11.4. The molecule has 0 aliphatic heterocycles. The topological polar surface area (TPSA) is 85.8 Å². The Morgan fingerprint density at radius 1 is 1.12 bits per heavy atom. The number of halogens is 1. The Bertz CT molecular complexity index is 1340. The molecule has 4 aromatic rings. The highest BCUT2D eigenvalue weighted by atomic mass is 79.9. The van der Waals surface area contributed by atoms with Crippen molar-refractivity contribution >= 4 is 38.6 Å². The standard InChI is InChI=1S/C25H24BrN5O/c1-15-12-20-18(23(27)32)9-5-11-22(20)31(15)25-29-21-10-3-2-8-19(21)24(30-25)28-14-16-6-4-7-17(26)13-16/h4-7,9,11-13H,2-3,8,10,14H2,1H3,(H2,27,32)(H,28,29,30). The van der Waals surface area contributed by atoms with Gasteiger partial charge in [-0.25, -0.2) is 4.98 Å². The number of benzene rings is 2. The van der Waals surface area contributed by atoms with Crippen LogP contribution in [0.5, 0.6) is 0 Å². The Morgan fingerprint density at radius 3 is 2.75 bits per heavy atom. The number of anilines is 1. The van der Waals surface area contributed by atoms with Gasteiger partial charge in [0.05, 0.1) is 11.2 Å². The second-order valence-electron chi connectivity index (χ2n) is 8.21. The quantitative estimate of drug-likeness (QED) is 0.409. The minimum Gasteiger partial charge on any atom is -0.366 e. The predicted octanol–water partition coefficient (Wildman–Crippen LogP) is 5.08. The molecule has 0 radical (unpaired) electrons. The van der Waals surface area contributed by atoms with E-state index in [4.69, 9.17) is 15.7 Å². The molecule has 7 heteroatoms. The zero-order valence-corrected chi connectivity index (χ0v) is 19.4. The average Bonchev–Trinajstić information content (AvgIpc) is 3.13. The van der Waals surface area contributed by atoms with Crippen LogP contribution < -0.4 is 11.1 Å². The van der Waals surface area contributed by atoms with Crippen LogP contribution >= 0.6 is 15.9 Å². The monoisotopic (exact) mass is 489 g/mol. The Morgan fingerprint density at radius 2 is 1.94 bits per heavy atom. The summed E-state index contributed by atoms with van der Waals surface area (Å²) in [6.45, 7) is 2.68. The number of carbonyl (C=O) groups excluding carboxylic acids is 1. The van der Waals surface area contributed by atoms with Gasteiger partial charge >= 0.3 is 0 Å². The van der Waals surface area contributed by atoms with Gasteiger partial charge in [-0.3, -0.25) is 9.36 Å². The number of hydrogen-bond donors (Lipinski definition) is 2. The van der Waals surface area contributed by atoms with Crippen molar-refractivity contribution in [2.24, 2.45) is 5.73 Å². The molecule has 0 spiro atoms. The molecule has 0 unspecified atom stereocenters. The van der Waals surface area contributed by atoms with Gasteiger partial charge in [0, 0.05) is 33.2 Å². The minimum atomic E-state index is -0.435. The number of amides is 1. The van der Waals surface area contributed by atoms with Gasteiger partial charge in [0.2, 0.25) is 11.9 Å². The molecule has 1 amide bonds. The second kappa shape index (κ2) is 8.39. The smallest absolute Gasteiger partial charge is 0.249 e. The fourth-order valence-corrected chi connectivity index (χ4v) is 4.95. The van der Waals surface area contributed by atoms with E-state index >= 15 is 0 Å². The number of aryl methyl sites for hydroxylation is 2. The summed E-state index contributed by atoms with van der Waals surface area (Å²) < 4.78 is 3.07. The molecule has 6 nitrogen and oxygen atoms in total. The summed E-state index contributed by atoms with van der Waals surface area (Å²) in [5, 5.41) is 4.38. The predicted molar refractivity (Wildman–Crippen MR) is 130 cm³/mol. The molecule has 0 atom stereocenters. The van der Waals surface area contributed by atoms with E-state index in [9.17, 15) is 4.79 Å². The Hall–Kier alpha value is -3.19. The molecule has 32 heavy (non-hydrogen) atoms. The molecule has 0 saturated carbocycles. The third kappa shape index (κ3) is 3.77. The van der Waals surface area contributed by atoms with Crippen LogP contribution in [0.15, 0.2) is 53.0 Å². The number of hydrogen-bond acceptors (Lipinski definition) is 4. The maximum absolute atomic E-state index is 11.9. The number of fused-ring (bicyclic) bond motifs is 2. The van der Waals surface area contributed by atoms with Crippen molar-refractivity contribution in [2.75, 3.05) is 5.32 Å². The highest BCUT2D eigenvalue weighted by Gasteiger charge is 2.21. The molecule has 2 aromatic heterocycles. The van der Waals surface area contributed by atoms with E-state index in [2.05, 4.69) is 33.4 Å². The van der Waals surface area contributed by atoms with Crippen molar-refractivity contribution in [1.82, 2.24) is 14.5 Å². The van der Waals surface area contributed by atoms with Crippen LogP contribution in [-0.4, -0.2) is 20.4 Å². The first-order chi connectivity index (χ1) is 15.5. The lowest BCUT2D eigenvalue weighted by molar-refractivity contribution is 0.100. The van der Waals surface area contributed by atoms with Gasteiger partial charge < -0.3 is 11.1 Å². The Kier molecular flexibility index (Phi) is 5.43. The van der Waals surface area contributed by atoms with Crippen molar-refractivity contribution in [3.05, 3.63) is 81.1 Å². The van der Waals surface area contributed by atoms with Crippen LogP contribution in [-0.2, 0) is 19.4 Å². The molecule has 162 valence electrons. The fourth-order valence-electron chi connectivity index (χ4n) is 4.50. The van der Waals surface area contributed by atoms with Crippen LogP contribution in [0.25, 0.3) is 16.9 Å². The summed E-state index contributed by atoms with van der Waals surface area (Å²) in [4.78, 5) is 21.9. The number of nitrogens with two attached hydrogens (primary N) is 1. The molecule has 1 aliphatic carbocycles. The minimum absolute atomic E-state index is 0.435. The highest BCUT2D eigenvalue weighted by molar-refractivity contribution is 9.10. The molecule has 0 bridgehead atoms. The van der Waals surface area contributed by atoms with Crippen LogP contribution in [0.4, 0.5) is 5.82 Å². The fraction of sp³-hybridized carbons (Fsp3) is 0.240. The lowest BCUT2D eigenvalue weighted by atomic mass is 9.96. The maximum Gasteiger partial charge on any atom is 0.249 e. The van der Waals surface area contributed by atoms with Gasteiger partial charge in [-0.15, -0.1) is 0 Å². The first-order valence-corrected chi connectivity index (χ1v) is 11.6. The van der Waals surface area contributed by atoms with E-state index in [1.165, 1.54) is 11.1 Å². The summed E-state index contributed by atoms with van der Waals surface area (Å²) in [6, 6.07) is 15.8. The Balaban J connectivity index is 1.61. The first-order valence-electron chi connectivity index (χ1n) is 10.8. The van der Waals surface area contributed by atoms with Gasteiger partial charge in [-0.2, -0.15) is 4.98 Å². The third-order valence-corrected chi connectivity index (χ3v) is 6.51. The Labute approximate surface area is 195 Å². The average molecular weight is 490 g/mol. The van der Waals surface area contributed by atoms with Crippen LogP contribution in [0.2, 0.25) is 0 Å². The number of nitrogens with zero attached hydrogens (tertiary/aromatic N) is 3. The molecule has 2 aromatic carbocycles. The molecule has 1 aliphatic rings. The second-order valence-corrected chi connectivity index (χ2v) is 9.13. The van der Waals surface area contributed by atoms with Crippen LogP contribution in [0.1, 0.15) is 45.7 Å². The number of primary amides is 1. The summed E-state index contributed by atoms with van der Waals surface area (Å²) in [5.74, 6) is 1.07. The lowest BCUT2D eigenvalue weighted by Crippen LogP contribution is -2.16. The molecule has 5 rings (SSSR count). The van der Waals surface area contributed by atoms with Crippen molar-refractivity contribution in [1.29, 1.82) is 0 Å². The number of carbonyl (C=O) groups is 1. The van der Waals surface area contributed by atoms with E-state index in [0.717, 1.165) is 58.3 Å². The number of nitrogens with one attached hydrogen (secondary N) is 1. The summed E-state index contributed by atoms with van der Waals surface area (Å²) in [6.07, 6.45) is 4.20. The van der Waals surface area contributed by atoms with Gasteiger partial charge in [0.15, 0.2) is 0 Å². The molecular formula is C25H24BrN5O. The molecular weight excluding hydrogens is 466 g/mol. The van der Waals surface area contributed by atoms with E-state index in [0.29, 0.717) is 18.1 Å². The summed E-state index contributed by atoms with van der Waals surface area (Å²) >= 11 is 3.54. The zero-order chi connectivity index (χ0) is 22.2. The normalized spacial score (nSPS) is 13.2. The van der Waals surface area contributed by atoms with Crippen molar-refractivity contribution < 1.29 is 4.79 Å². The third-order valence-electron chi connectivity index (χ3n) is 6.02. The molecule has 0 fully saturated rings. The van der Waals surface area contributed by atoms with Gasteiger partial charge in [0.1, 0.15) is 5.82 Å². The molecule has 2 heterocycles. The highest BCUT2D eigenvalue weighted by Crippen LogP contribution is 2.30. The van der Waals surface area contributed by atoms with Gasteiger partial charge in [-0.05, 0) is 68.5 Å². The number of aromatic nitrogens is 3. The molecule has 3 N–H and O–H groups in total. The SMILES string of the molecule is Cc1cc2c(C(N)=O)cccc2n1-c1nc2c(c(NCc3cccc(Br)c3)n1)CCCC2. The van der Waals surface area contributed by atoms with E-state index in [1.807, 2.05) is 41.8 Å². The number of rotatable bonds is 5. The molecule has 0 saturated heterocycles. The van der Waals surface area contributed by atoms with Crippen LogP contribution in [0, 0.1) is 6.92 Å². The van der Waals surface area contributed by atoms with Crippen molar-refractivity contribution in [3.63, 3.8) is 0 Å². The van der Waals surface area contributed by atoms with Crippen molar-refractivity contribution in [2.45, 2.75) is 39.2 Å². The first kappa shape index (κ1) is 20.7. The lowest BCUT2D eigenvalue weighted by Gasteiger charge is -2.21. The van der Waals surface area contributed by atoms with Crippen LogP contribution in [0.3, 0.4) is 0 Å². The zero-order valence-electron chi connectivity index (χ0n) is 17.9. The van der Waals surface area contributed by atoms with E-state index in [-0.39, 0.29) is 0 Å². The van der Waals surface area contributed by atoms with Crippen molar-refractivity contribution in [3.8, 4) is 5.95 Å². The largest absolute Gasteiger partial charge is 0.366 e. The van der Waals surface area contributed by atoms with E-state index < -0.39 is 5.91 Å². The van der Waals surface area contributed by atoms with E-state index in [1.54, 1.807) is 6.07 Å². The summed E-state index contributed by atoms with van der Waals surface area (Å²) in [7, 11) is 0.